The molecule has 2 fully saturated rings. The summed E-state index contributed by atoms with van der Waals surface area (Å²) in [5.74, 6) is -0.141. The van der Waals surface area contributed by atoms with Gasteiger partial charge in [-0.25, -0.2) is 0 Å². The predicted molar refractivity (Wildman–Crippen MR) is 151 cm³/mol. The van der Waals surface area contributed by atoms with Crippen molar-refractivity contribution in [3.63, 3.8) is 0 Å². The van der Waals surface area contributed by atoms with Gasteiger partial charge in [0.2, 0.25) is 0 Å². The van der Waals surface area contributed by atoms with Crippen molar-refractivity contribution in [3.8, 4) is 0 Å². The maximum atomic E-state index is 10.4. The molecule has 0 aromatic heterocycles. The fourth-order valence-corrected chi connectivity index (χ4v) is 8.06. The molecule has 2 aliphatic heterocycles. The van der Waals surface area contributed by atoms with E-state index in [1.165, 1.54) is 0 Å². The van der Waals surface area contributed by atoms with E-state index in [0.29, 0.717) is 12.3 Å². The number of aliphatic hydroxyl groups excluding tert-OH is 1. The average Bonchev–Trinajstić information content (AvgIpc) is 2.68. The Kier molecular flexibility index (Phi) is 9.36. The van der Waals surface area contributed by atoms with Crippen molar-refractivity contribution in [2.45, 2.75) is 149 Å². The molecule has 5 nitrogen and oxygen atoms in total. The largest absolute Gasteiger partial charge is 0.413 e. The van der Waals surface area contributed by atoms with E-state index in [1.54, 1.807) is 0 Å². The Morgan fingerprint density at radius 1 is 0.857 bits per heavy atom. The summed E-state index contributed by atoms with van der Waals surface area (Å²) < 4.78 is 27.9. The summed E-state index contributed by atoms with van der Waals surface area (Å²) in [6, 6.07) is 0. The Balaban J connectivity index is 2.52. The minimum Gasteiger partial charge on any atom is -0.413 e. The van der Waals surface area contributed by atoms with Gasteiger partial charge in [-0.1, -0.05) is 76.2 Å². The lowest BCUT2D eigenvalue weighted by molar-refractivity contribution is -0.384. The highest BCUT2D eigenvalue weighted by Gasteiger charge is 2.60. The fraction of sp³-hybridized carbons (Fsp3) is 1.00. The summed E-state index contributed by atoms with van der Waals surface area (Å²) in [6.45, 7) is 34.1. The van der Waals surface area contributed by atoms with Crippen LogP contribution in [0.2, 0.25) is 36.3 Å². The third-order valence-electron chi connectivity index (χ3n) is 9.89. The smallest absolute Gasteiger partial charge is 0.192 e. The molecule has 208 valence electrons. The number of hydrogen-bond acceptors (Lipinski definition) is 5. The summed E-state index contributed by atoms with van der Waals surface area (Å²) in [4.78, 5) is 0. The van der Waals surface area contributed by atoms with E-state index in [-0.39, 0.29) is 58.9 Å². The zero-order valence-electron chi connectivity index (χ0n) is 25.6. The van der Waals surface area contributed by atoms with Crippen LogP contribution in [0, 0.1) is 23.7 Å². The second-order valence-electron chi connectivity index (χ2n) is 14.9. The molecule has 0 aromatic carbocycles. The van der Waals surface area contributed by atoms with Gasteiger partial charge >= 0.3 is 0 Å². The third kappa shape index (κ3) is 6.28. The highest BCUT2D eigenvalue weighted by atomic mass is 28.4. The van der Waals surface area contributed by atoms with Crippen LogP contribution in [0.15, 0.2) is 0 Å². The van der Waals surface area contributed by atoms with Crippen LogP contribution < -0.4 is 0 Å². The normalized spacial score (nSPS) is 37.8. The molecule has 0 saturated carbocycles. The van der Waals surface area contributed by atoms with E-state index < -0.39 is 22.4 Å². The summed E-state index contributed by atoms with van der Waals surface area (Å²) in [6.07, 6.45) is 0.362. The maximum absolute atomic E-state index is 10.4. The number of rotatable bonds is 6. The minimum atomic E-state index is -2.05. The van der Waals surface area contributed by atoms with Gasteiger partial charge in [0.15, 0.2) is 22.4 Å². The molecule has 2 heterocycles. The lowest BCUT2D eigenvalue weighted by atomic mass is 9.74. The van der Waals surface area contributed by atoms with Gasteiger partial charge in [-0.3, -0.25) is 0 Å². The van der Waals surface area contributed by atoms with Gasteiger partial charge in [0.1, 0.15) is 0 Å². The molecule has 0 aromatic rings. The summed E-state index contributed by atoms with van der Waals surface area (Å²) in [5, 5.41) is 10.6. The topological polar surface area (TPSA) is 57.2 Å². The van der Waals surface area contributed by atoms with Crippen molar-refractivity contribution in [3.05, 3.63) is 0 Å². The quantitative estimate of drug-likeness (QED) is 0.368. The molecule has 1 spiro atoms. The van der Waals surface area contributed by atoms with Crippen molar-refractivity contribution in [1.82, 2.24) is 0 Å². The van der Waals surface area contributed by atoms with Gasteiger partial charge in [0.25, 0.3) is 0 Å². The van der Waals surface area contributed by atoms with Gasteiger partial charge < -0.3 is 23.4 Å². The average molecular weight is 531 g/mol. The molecule has 8 atom stereocenters. The lowest BCUT2D eigenvalue weighted by Gasteiger charge is -2.59. The molecule has 0 radical (unpaired) electrons. The highest BCUT2D eigenvalue weighted by molar-refractivity contribution is 6.74. The number of aliphatic hydroxyl groups is 1. The van der Waals surface area contributed by atoms with E-state index in [1.807, 2.05) is 0 Å². The fourth-order valence-electron chi connectivity index (χ4n) is 5.20. The molecule has 2 rings (SSSR count). The number of hydrogen-bond donors (Lipinski definition) is 1. The van der Waals surface area contributed by atoms with Gasteiger partial charge in [-0.2, -0.15) is 0 Å². The second-order valence-corrected chi connectivity index (χ2v) is 24.5. The summed E-state index contributed by atoms with van der Waals surface area (Å²) in [5.41, 5.74) is 0. The van der Waals surface area contributed by atoms with E-state index in [9.17, 15) is 5.11 Å². The standard InChI is InChI=1S/C28H58O5Si2/c1-18(2)24-19(3)22(32-34(12,13)26(6,7)8)16-28(31-24)21(5)25(20(4)23(17-29)30-28)33-35(14,15)27(9,10)11/h18-25,29H,16-17H2,1-15H3/t19-,20+,21-,22+,23+,24+,25+,28+/m0/s1. The summed E-state index contributed by atoms with van der Waals surface area (Å²) in [7, 11) is -4.05. The Morgan fingerprint density at radius 2 is 1.34 bits per heavy atom. The van der Waals surface area contributed by atoms with Crippen LogP contribution >= 0.6 is 0 Å². The van der Waals surface area contributed by atoms with Crippen molar-refractivity contribution in [2.24, 2.45) is 23.7 Å². The molecule has 0 bridgehead atoms. The van der Waals surface area contributed by atoms with Crippen LogP contribution in [0.3, 0.4) is 0 Å². The molecule has 1 N–H and O–H groups in total. The van der Waals surface area contributed by atoms with Crippen LogP contribution in [0.25, 0.3) is 0 Å². The van der Waals surface area contributed by atoms with Crippen LogP contribution in [0.5, 0.6) is 0 Å². The van der Waals surface area contributed by atoms with Gasteiger partial charge in [-0.05, 0) is 42.2 Å². The second kappa shape index (κ2) is 10.4. The first-order valence-corrected chi connectivity index (χ1v) is 19.7. The molecule has 2 saturated heterocycles. The Hall–Kier alpha value is 0.234. The predicted octanol–water partition coefficient (Wildman–Crippen LogP) is 7.21. The summed E-state index contributed by atoms with van der Waals surface area (Å²) >= 11 is 0. The Labute approximate surface area is 219 Å². The molecule has 0 aliphatic carbocycles. The first-order chi connectivity index (χ1) is 15.6. The van der Waals surface area contributed by atoms with Crippen molar-refractivity contribution in [2.75, 3.05) is 6.61 Å². The number of ether oxygens (including phenoxy) is 2. The first kappa shape index (κ1) is 31.5. The maximum Gasteiger partial charge on any atom is 0.192 e. The highest BCUT2D eigenvalue weighted by Crippen LogP contribution is 2.52. The van der Waals surface area contributed by atoms with E-state index in [2.05, 4.69) is 102 Å². The third-order valence-corrected chi connectivity index (χ3v) is 18.9. The van der Waals surface area contributed by atoms with Crippen molar-refractivity contribution in [1.29, 1.82) is 0 Å². The molecule has 2 aliphatic rings. The van der Waals surface area contributed by atoms with Gasteiger partial charge in [-0.15, -0.1) is 0 Å². The molecule has 0 unspecified atom stereocenters. The minimum absolute atomic E-state index is 0.0160. The zero-order chi connectivity index (χ0) is 27.4. The lowest BCUT2D eigenvalue weighted by Crippen LogP contribution is -2.67. The van der Waals surface area contributed by atoms with E-state index in [0.717, 1.165) is 0 Å². The molecular formula is C28H58O5Si2. The molecular weight excluding hydrogens is 472 g/mol. The Morgan fingerprint density at radius 3 is 1.77 bits per heavy atom. The van der Waals surface area contributed by atoms with Crippen LogP contribution in [-0.4, -0.2) is 58.6 Å². The van der Waals surface area contributed by atoms with Crippen molar-refractivity contribution < 1.29 is 23.4 Å². The SMILES string of the molecule is CC(C)[C@H]1O[C@@]2(C[C@@H](O[Si](C)(C)C(C)(C)C)[C@@H]1C)O[C@H](CO)[C@@H](C)[C@@H](O[Si](C)(C)C(C)(C)C)[C@@H]2C. The van der Waals surface area contributed by atoms with Crippen LogP contribution in [-0.2, 0) is 18.3 Å². The molecule has 0 amide bonds. The van der Waals surface area contributed by atoms with Gasteiger partial charge in [0, 0.05) is 24.2 Å². The Bertz CT molecular complexity index is 711. The van der Waals surface area contributed by atoms with E-state index >= 15 is 0 Å². The van der Waals surface area contributed by atoms with Crippen LogP contribution in [0.4, 0.5) is 0 Å². The monoisotopic (exact) mass is 530 g/mol. The first-order valence-electron chi connectivity index (χ1n) is 13.9. The molecule has 7 heteroatoms. The van der Waals surface area contributed by atoms with Gasteiger partial charge in [0.05, 0.1) is 31.0 Å². The zero-order valence-corrected chi connectivity index (χ0v) is 27.6. The van der Waals surface area contributed by atoms with E-state index in [4.69, 9.17) is 18.3 Å². The van der Waals surface area contributed by atoms with Crippen LogP contribution in [0.1, 0.15) is 82.6 Å². The van der Waals surface area contributed by atoms with Crippen molar-refractivity contribution >= 4 is 16.6 Å². The molecule has 35 heavy (non-hydrogen) atoms.